The van der Waals surface area contributed by atoms with Crippen molar-refractivity contribution >= 4 is 0 Å². The molecule has 0 aliphatic heterocycles. The summed E-state index contributed by atoms with van der Waals surface area (Å²) in [4.78, 5) is 7.75. The summed E-state index contributed by atoms with van der Waals surface area (Å²) < 4.78 is 0. The van der Waals surface area contributed by atoms with Gasteiger partial charge in [0.05, 0.1) is 0 Å². The van der Waals surface area contributed by atoms with Crippen LogP contribution in [0.25, 0.3) is 0 Å². The van der Waals surface area contributed by atoms with E-state index < -0.39 is 0 Å². The van der Waals surface area contributed by atoms with Gasteiger partial charge in [-0.05, 0) is 5.59 Å². The van der Waals surface area contributed by atoms with Crippen molar-refractivity contribution in [3.05, 3.63) is 4.91 Å². The molecule has 0 aliphatic rings. The molecule has 2 N–H and O–H groups in total. The summed E-state index contributed by atoms with van der Waals surface area (Å²) in [5, 5.41) is 0. The standard InChI is InChI=1S/H2NO.2O.Ti/c1-2;;;/h1H2;;;/q+1;2*-2;+4. The van der Waals surface area contributed by atoms with Gasteiger partial charge >= 0.3 is 21.7 Å². The third kappa shape index (κ3) is 385. The van der Waals surface area contributed by atoms with Gasteiger partial charge in [0.15, 0.2) is 0 Å². The van der Waals surface area contributed by atoms with Crippen LogP contribution in [0.2, 0.25) is 0 Å². The number of hydrogen-bond donors (Lipinski definition) is 1. The van der Waals surface area contributed by atoms with Gasteiger partial charge in [-0.1, -0.05) is 0 Å². The number of nitroso groups, excluding NO2 is 1. The molecule has 0 spiro atoms. The average Bonchev–Trinajstić information content (AvgIpc) is 1.00. The molecule has 0 amide bonds. The van der Waals surface area contributed by atoms with Crippen LogP contribution in [0.5, 0.6) is 0 Å². The Morgan fingerprint density at radius 3 is 1.00 bits per heavy atom. The van der Waals surface area contributed by atoms with E-state index in [0.29, 0.717) is 0 Å². The molecule has 28 valence electrons. The van der Waals surface area contributed by atoms with Crippen LogP contribution < -0.4 is 5.59 Å². The maximum absolute atomic E-state index is 7.75. The molecule has 0 atom stereocenters. The number of hydrogen-bond acceptors (Lipinski definition) is 1. The summed E-state index contributed by atoms with van der Waals surface area (Å²) in [6, 6.07) is 0. The fourth-order valence-electron chi connectivity index (χ4n) is 0. The number of nitrogens with two attached hydrogens (primary N) is 1. The molecule has 4 nitrogen and oxygen atoms in total. The van der Waals surface area contributed by atoms with Crippen molar-refractivity contribution in [2.75, 3.05) is 0 Å². The van der Waals surface area contributed by atoms with E-state index >= 15 is 0 Å². The van der Waals surface area contributed by atoms with Crippen molar-refractivity contribution in [3.63, 3.8) is 0 Å². The maximum atomic E-state index is 7.75. The van der Waals surface area contributed by atoms with Crippen LogP contribution in [0.3, 0.4) is 0 Å². The quantitative estimate of drug-likeness (QED) is 0.370. The molecule has 0 radical (unpaired) electrons. The van der Waals surface area contributed by atoms with Crippen molar-refractivity contribution in [1.82, 2.24) is 0 Å². The van der Waals surface area contributed by atoms with Crippen LogP contribution in [0.1, 0.15) is 0 Å². The molecule has 0 aromatic heterocycles. The van der Waals surface area contributed by atoms with Gasteiger partial charge in [-0.3, -0.25) is 0 Å². The van der Waals surface area contributed by atoms with Crippen LogP contribution in [-0.2, 0) is 32.7 Å². The minimum absolute atomic E-state index is 0. The number of rotatable bonds is 0. The summed E-state index contributed by atoms with van der Waals surface area (Å²) in [6.45, 7) is 0. The largest absolute Gasteiger partial charge is 4.00 e. The zero-order valence-corrected chi connectivity index (χ0v) is 3.86. The Kier molecular flexibility index (Phi) is 9940. The monoisotopic (exact) mass is 112 g/mol. The summed E-state index contributed by atoms with van der Waals surface area (Å²) in [5.74, 6) is 0. The molecular formula is H2NO3Ti+. The van der Waals surface area contributed by atoms with Gasteiger partial charge in [-0.15, -0.1) is 0 Å². The first kappa shape index (κ1) is 61.6. The fraction of sp³-hybridized carbons (Fsp3) is 0. The van der Waals surface area contributed by atoms with Crippen molar-refractivity contribution in [2.45, 2.75) is 0 Å². The van der Waals surface area contributed by atoms with E-state index in [4.69, 9.17) is 4.91 Å². The molecule has 0 saturated carbocycles. The molecule has 0 aromatic carbocycles. The van der Waals surface area contributed by atoms with E-state index in [1.807, 2.05) is 0 Å². The van der Waals surface area contributed by atoms with Crippen LogP contribution in [0, 0.1) is 4.91 Å². The van der Waals surface area contributed by atoms with Crippen molar-refractivity contribution < 1.29 is 38.3 Å². The van der Waals surface area contributed by atoms with Crippen LogP contribution in [0.15, 0.2) is 0 Å². The zero-order valence-electron chi connectivity index (χ0n) is 2.30. The van der Waals surface area contributed by atoms with Gasteiger partial charge in [0.1, 0.15) is 0 Å². The maximum Gasteiger partial charge on any atom is 4.00 e. The minimum atomic E-state index is 0. The van der Waals surface area contributed by atoms with Gasteiger partial charge in [0, 0.05) is 4.91 Å². The molecule has 5 heteroatoms. The summed E-state index contributed by atoms with van der Waals surface area (Å²) in [7, 11) is 0. The first-order valence-electron chi connectivity index (χ1n) is 0.236. The molecule has 0 fully saturated rings. The Balaban J connectivity index is -0.00000000167. The smallest absolute Gasteiger partial charge is 2.00 e. The SMILES string of the molecule is [NH2+]=O.[O-2].[O-2].[Ti+4]. The normalized spacial score (nSPS) is 0.800. The third-order valence-corrected chi connectivity index (χ3v) is 0. The Bertz CT molecular complexity index is 6.85. The molecular weight excluding hydrogens is 110 g/mol. The van der Waals surface area contributed by atoms with E-state index in [1.165, 1.54) is 0 Å². The summed E-state index contributed by atoms with van der Waals surface area (Å²) in [6.07, 6.45) is 0. The van der Waals surface area contributed by atoms with Crippen molar-refractivity contribution in [2.24, 2.45) is 0 Å². The zero-order chi connectivity index (χ0) is 2.00. The van der Waals surface area contributed by atoms with Gasteiger partial charge in [-0.2, -0.15) is 0 Å². The van der Waals surface area contributed by atoms with Crippen molar-refractivity contribution in [3.8, 4) is 0 Å². The first-order valence-corrected chi connectivity index (χ1v) is 0.236. The first-order chi connectivity index (χ1) is 1.00. The van der Waals surface area contributed by atoms with E-state index in [1.54, 1.807) is 0 Å². The molecule has 0 saturated heterocycles. The molecule has 0 aromatic rings. The molecule has 0 unspecified atom stereocenters. The van der Waals surface area contributed by atoms with Gasteiger partial charge < -0.3 is 11.0 Å². The Labute approximate surface area is 43.8 Å². The second-order valence-corrected chi connectivity index (χ2v) is 0. The Morgan fingerprint density at radius 2 is 1.00 bits per heavy atom. The predicted molar refractivity (Wildman–Crippen MR) is 6.67 cm³/mol. The van der Waals surface area contributed by atoms with Crippen LogP contribution in [0.4, 0.5) is 0 Å². The van der Waals surface area contributed by atoms with E-state index in [0.717, 1.165) is 0 Å². The third-order valence-electron chi connectivity index (χ3n) is 0. The van der Waals surface area contributed by atoms with Crippen LogP contribution >= 0.6 is 0 Å². The second-order valence-electron chi connectivity index (χ2n) is 0. The molecule has 5 heavy (non-hydrogen) atoms. The van der Waals surface area contributed by atoms with Gasteiger partial charge in [0.2, 0.25) is 0 Å². The van der Waals surface area contributed by atoms with E-state index in [2.05, 4.69) is 5.59 Å². The fourth-order valence-corrected chi connectivity index (χ4v) is 0. The topological polar surface area (TPSA) is 99.7 Å². The van der Waals surface area contributed by atoms with Gasteiger partial charge in [0.25, 0.3) is 0 Å². The van der Waals surface area contributed by atoms with Gasteiger partial charge in [-0.25, -0.2) is 0 Å². The molecule has 0 bridgehead atoms. The minimum Gasteiger partial charge on any atom is -2.00 e. The van der Waals surface area contributed by atoms with Crippen LogP contribution in [-0.4, -0.2) is 0 Å². The summed E-state index contributed by atoms with van der Waals surface area (Å²) >= 11 is 0. The predicted octanol–water partition coefficient (Wildman–Crippen LogP) is -1.73. The average molecular weight is 112 g/mol. The Morgan fingerprint density at radius 1 is 1.00 bits per heavy atom. The van der Waals surface area contributed by atoms with E-state index in [-0.39, 0.29) is 32.7 Å². The van der Waals surface area contributed by atoms with Crippen molar-refractivity contribution in [1.29, 1.82) is 0 Å². The molecule has 0 rings (SSSR count). The second kappa shape index (κ2) is 807. The molecule has 0 aliphatic carbocycles. The Hall–Kier alpha value is 0.234. The molecule has 0 heterocycles. The summed E-state index contributed by atoms with van der Waals surface area (Å²) in [5.41, 5.74) is 3.25. The van der Waals surface area contributed by atoms with E-state index in [9.17, 15) is 0 Å².